The van der Waals surface area contributed by atoms with Gasteiger partial charge in [0, 0.05) is 11.3 Å². The van der Waals surface area contributed by atoms with E-state index in [2.05, 4.69) is 24.1 Å². The highest BCUT2D eigenvalue weighted by atomic mass is 35.5. The standard InChI is InChI=1S/C16H18Cl2N2O2S/c1-9(2)16-20-11(8-23-16)7-19-15(21)10(3)22-13-6-4-5-12(17)14(13)18/h4-6,8-10H,7H2,1-3H3,(H,19,21). The van der Waals surface area contributed by atoms with Crippen LogP contribution >= 0.6 is 34.5 Å². The minimum Gasteiger partial charge on any atom is -0.479 e. The van der Waals surface area contributed by atoms with E-state index in [4.69, 9.17) is 27.9 Å². The maximum absolute atomic E-state index is 12.1. The smallest absolute Gasteiger partial charge is 0.261 e. The van der Waals surface area contributed by atoms with E-state index in [-0.39, 0.29) is 5.91 Å². The van der Waals surface area contributed by atoms with E-state index in [0.29, 0.717) is 28.3 Å². The quantitative estimate of drug-likeness (QED) is 0.802. The van der Waals surface area contributed by atoms with Crippen molar-refractivity contribution in [3.8, 4) is 5.75 Å². The van der Waals surface area contributed by atoms with Gasteiger partial charge in [-0.05, 0) is 19.1 Å². The van der Waals surface area contributed by atoms with E-state index < -0.39 is 6.10 Å². The van der Waals surface area contributed by atoms with Gasteiger partial charge in [0.2, 0.25) is 0 Å². The number of hydrogen-bond acceptors (Lipinski definition) is 4. The molecule has 124 valence electrons. The average Bonchev–Trinajstić information content (AvgIpc) is 2.98. The summed E-state index contributed by atoms with van der Waals surface area (Å²) >= 11 is 13.6. The van der Waals surface area contributed by atoms with Crippen molar-refractivity contribution in [1.82, 2.24) is 10.3 Å². The molecule has 7 heteroatoms. The Bertz CT molecular complexity index is 688. The van der Waals surface area contributed by atoms with Gasteiger partial charge in [-0.3, -0.25) is 4.79 Å². The number of thiazole rings is 1. The zero-order chi connectivity index (χ0) is 17.0. The van der Waals surface area contributed by atoms with Gasteiger partial charge in [-0.1, -0.05) is 43.1 Å². The van der Waals surface area contributed by atoms with Crippen molar-refractivity contribution in [3.05, 3.63) is 44.3 Å². The summed E-state index contributed by atoms with van der Waals surface area (Å²) in [6, 6.07) is 5.06. The molecule has 1 heterocycles. The van der Waals surface area contributed by atoms with Crippen LogP contribution in [0.1, 0.15) is 37.4 Å². The predicted molar refractivity (Wildman–Crippen MR) is 94.6 cm³/mol. The number of hydrogen-bond donors (Lipinski definition) is 1. The molecule has 1 unspecified atom stereocenters. The molecule has 0 aliphatic rings. The normalized spacial score (nSPS) is 12.3. The van der Waals surface area contributed by atoms with Gasteiger partial charge in [0.15, 0.2) is 6.10 Å². The fraction of sp³-hybridized carbons (Fsp3) is 0.375. The van der Waals surface area contributed by atoms with E-state index in [1.54, 1.807) is 36.5 Å². The molecule has 2 rings (SSSR count). The molecule has 4 nitrogen and oxygen atoms in total. The molecule has 0 spiro atoms. The third-order valence-electron chi connectivity index (χ3n) is 3.10. The first-order chi connectivity index (χ1) is 10.9. The first-order valence-corrected chi connectivity index (χ1v) is 8.84. The lowest BCUT2D eigenvalue weighted by molar-refractivity contribution is -0.127. The van der Waals surface area contributed by atoms with Gasteiger partial charge in [-0.25, -0.2) is 4.98 Å². The number of halogens is 2. The lowest BCUT2D eigenvalue weighted by Crippen LogP contribution is -2.36. The van der Waals surface area contributed by atoms with Crippen LogP contribution in [-0.2, 0) is 11.3 Å². The average molecular weight is 373 g/mol. The third-order valence-corrected chi connectivity index (χ3v) is 5.09. The van der Waals surface area contributed by atoms with Crippen LogP contribution in [0.3, 0.4) is 0 Å². The van der Waals surface area contributed by atoms with Crippen molar-refractivity contribution in [2.45, 2.75) is 39.3 Å². The molecule has 0 fully saturated rings. The zero-order valence-electron chi connectivity index (χ0n) is 13.1. The lowest BCUT2D eigenvalue weighted by atomic mass is 10.2. The van der Waals surface area contributed by atoms with Crippen LogP contribution < -0.4 is 10.1 Å². The Morgan fingerprint density at radius 1 is 1.35 bits per heavy atom. The summed E-state index contributed by atoms with van der Waals surface area (Å²) in [6.45, 7) is 6.21. The molecule has 0 aliphatic heterocycles. The number of nitrogens with one attached hydrogen (secondary N) is 1. The summed E-state index contributed by atoms with van der Waals surface area (Å²) in [4.78, 5) is 16.6. The molecular formula is C16H18Cl2N2O2S. The van der Waals surface area contributed by atoms with E-state index in [0.717, 1.165) is 10.7 Å². The molecule has 0 radical (unpaired) electrons. The summed E-state index contributed by atoms with van der Waals surface area (Å²) < 4.78 is 5.57. The molecule has 1 amide bonds. The second-order valence-electron chi connectivity index (χ2n) is 5.36. The monoisotopic (exact) mass is 372 g/mol. The summed E-state index contributed by atoms with van der Waals surface area (Å²) in [6.07, 6.45) is -0.686. The van der Waals surface area contributed by atoms with Gasteiger partial charge in [0.25, 0.3) is 5.91 Å². The molecule has 1 aromatic heterocycles. The number of nitrogens with zero attached hydrogens (tertiary/aromatic N) is 1. The summed E-state index contributed by atoms with van der Waals surface area (Å²) in [5, 5.41) is 6.51. The van der Waals surface area contributed by atoms with Gasteiger partial charge in [-0.15, -0.1) is 11.3 Å². The minimum atomic E-state index is -0.686. The van der Waals surface area contributed by atoms with Crippen LogP contribution in [0.25, 0.3) is 0 Å². The Kier molecular flexibility index (Phi) is 6.27. The molecule has 23 heavy (non-hydrogen) atoms. The van der Waals surface area contributed by atoms with Gasteiger partial charge < -0.3 is 10.1 Å². The van der Waals surface area contributed by atoms with Gasteiger partial charge in [0.1, 0.15) is 10.8 Å². The molecule has 0 bridgehead atoms. The minimum absolute atomic E-state index is 0.236. The number of carbonyl (C=O) groups is 1. The lowest BCUT2D eigenvalue weighted by Gasteiger charge is -2.15. The van der Waals surface area contributed by atoms with Gasteiger partial charge in [-0.2, -0.15) is 0 Å². The van der Waals surface area contributed by atoms with Crippen molar-refractivity contribution in [1.29, 1.82) is 0 Å². The molecule has 1 N–H and O–H groups in total. The summed E-state index contributed by atoms with van der Waals surface area (Å²) in [5.41, 5.74) is 0.847. The van der Waals surface area contributed by atoms with Crippen LogP contribution in [0.2, 0.25) is 10.0 Å². The van der Waals surface area contributed by atoms with E-state index >= 15 is 0 Å². The van der Waals surface area contributed by atoms with Crippen LogP contribution in [0, 0.1) is 0 Å². The molecule has 2 aromatic rings. The fourth-order valence-electron chi connectivity index (χ4n) is 1.81. The summed E-state index contributed by atoms with van der Waals surface area (Å²) in [7, 11) is 0. The molecule has 0 saturated heterocycles. The van der Waals surface area contributed by atoms with Crippen molar-refractivity contribution in [2.24, 2.45) is 0 Å². The van der Waals surface area contributed by atoms with Crippen molar-refractivity contribution in [3.63, 3.8) is 0 Å². The van der Waals surface area contributed by atoms with Crippen LogP contribution in [0.15, 0.2) is 23.6 Å². The topological polar surface area (TPSA) is 51.2 Å². The highest BCUT2D eigenvalue weighted by Crippen LogP contribution is 2.32. The Balaban J connectivity index is 1.90. The molecule has 0 saturated carbocycles. The zero-order valence-corrected chi connectivity index (χ0v) is 15.4. The molecule has 1 atom stereocenters. The van der Waals surface area contributed by atoms with E-state index in [1.165, 1.54) is 0 Å². The second kappa shape index (κ2) is 7.99. The highest BCUT2D eigenvalue weighted by molar-refractivity contribution is 7.09. The van der Waals surface area contributed by atoms with E-state index in [1.807, 2.05) is 5.38 Å². The first kappa shape index (κ1) is 18.0. The third kappa shape index (κ3) is 4.83. The highest BCUT2D eigenvalue weighted by Gasteiger charge is 2.17. The number of ether oxygens (including phenoxy) is 1. The maximum atomic E-state index is 12.1. The predicted octanol–water partition coefficient (Wildman–Crippen LogP) is 4.66. The Labute approximate surface area is 149 Å². The SMILES string of the molecule is CC(Oc1cccc(Cl)c1Cl)C(=O)NCc1csc(C(C)C)n1. The van der Waals surface area contributed by atoms with Gasteiger partial charge in [0.05, 0.1) is 22.3 Å². The van der Waals surface area contributed by atoms with Crippen molar-refractivity contribution >= 4 is 40.4 Å². The number of carbonyl (C=O) groups excluding carboxylic acids is 1. The second-order valence-corrected chi connectivity index (χ2v) is 7.04. The number of aromatic nitrogens is 1. The van der Waals surface area contributed by atoms with Crippen molar-refractivity contribution in [2.75, 3.05) is 0 Å². The van der Waals surface area contributed by atoms with Crippen LogP contribution in [0.4, 0.5) is 0 Å². The van der Waals surface area contributed by atoms with Crippen molar-refractivity contribution < 1.29 is 9.53 Å². The van der Waals surface area contributed by atoms with Crippen LogP contribution in [-0.4, -0.2) is 17.0 Å². The Morgan fingerprint density at radius 3 is 2.74 bits per heavy atom. The largest absolute Gasteiger partial charge is 0.479 e. The Morgan fingerprint density at radius 2 is 2.09 bits per heavy atom. The van der Waals surface area contributed by atoms with E-state index in [9.17, 15) is 4.79 Å². The van der Waals surface area contributed by atoms with Crippen LogP contribution in [0.5, 0.6) is 5.75 Å². The summed E-state index contributed by atoms with van der Waals surface area (Å²) in [5.74, 6) is 0.536. The Hall–Kier alpha value is -1.30. The molecule has 1 aromatic carbocycles. The van der Waals surface area contributed by atoms with Gasteiger partial charge >= 0.3 is 0 Å². The fourth-order valence-corrected chi connectivity index (χ4v) is 2.98. The number of rotatable bonds is 6. The molecule has 0 aliphatic carbocycles. The molecular weight excluding hydrogens is 355 g/mol. The number of amides is 1. The maximum Gasteiger partial charge on any atom is 0.261 e. The number of benzene rings is 1. The first-order valence-electron chi connectivity index (χ1n) is 7.21.